The molecule has 1 saturated heterocycles. The zero-order chi connectivity index (χ0) is 26.3. The van der Waals surface area contributed by atoms with Crippen molar-refractivity contribution in [3.8, 4) is 5.88 Å². The van der Waals surface area contributed by atoms with Crippen LogP contribution in [0.1, 0.15) is 56.5 Å². The van der Waals surface area contributed by atoms with E-state index in [2.05, 4.69) is 10.5 Å². The van der Waals surface area contributed by atoms with Gasteiger partial charge in [0.15, 0.2) is 0 Å². The van der Waals surface area contributed by atoms with Crippen LogP contribution in [0, 0.1) is 29.1 Å². The van der Waals surface area contributed by atoms with Gasteiger partial charge in [0.25, 0.3) is 11.8 Å². The zero-order valence-electron chi connectivity index (χ0n) is 22.2. The Morgan fingerprint density at radius 2 is 1.71 bits per heavy atom. The highest BCUT2D eigenvalue weighted by Gasteiger charge is 2.49. The molecule has 38 heavy (non-hydrogen) atoms. The molecule has 1 aliphatic heterocycles. The summed E-state index contributed by atoms with van der Waals surface area (Å²) in [6.07, 6.45) is 6.26. The molecule has 9 heteroatoms. The predicted octanol–water partition coefficient (Wildman–Crippen LogP) is 4.64. The van der Waals surface area contributed by atoms with Gasteiger partial charge >= 0.3 is 0 Å². The Morgan fingerprint density at radius 3 is 2.37 bits per heavy atom. The average Bonchev–Trinajstić information content (AvgIpc) is 3.32. The van der Waals surface area contributed by atoms with E-state index in [0.29, 0.717) is 43.0 Å². The van der Waals surface area contributed by atoms with E-state index in [-0.39, 0.29) is 36.1 Å². The summed E-state index contributed by atoms with van der Waals surface area (Å²) in [6.45, 7) is 6.11. The average molecular weight is 540 g/mol. The predicted molar refractivity (Wildman–Crippen MR) is 142 cm³/mol. The molecule has 1 aromatic heterocycles. The minimum absolute atomic E-state index is 0.0152. The quantitative estimate of drug-likeness (QED) is 0.522. The lowest BCUT2D eigenvalue weighted by atomic mass is 9.54. The number of hydrogen-bond donors (Lipinski definition) is 1. The van der Waals surface area contributed by atoms with Crippen LogP contribution >= 0.6 is 11.8 Å². The summed E-state index contributed by atoms with van der Waals surface area (Å²) in [4.78, 5) is 30.1. The van der Waals surface area contributed by atoms with Crippen molar-refractivity contribution in [2.24, 2.45) is 29.1 Å². The molecule has 7 rings (SSSR count). The van der Waals surface area contributed by atoms with Gasteiger partial charge in [-0.05, 0) is 86.9 Å². The maximum Gasteiger partial charge on any atom is 0.291 e. The van der Waals surface area contributed by atoms with Gasteiger partial charge in [0.05, 0.1) is 18.6 Å². The Kier molecular flexibility index (Phi) is 7.16. The van der Waals surface area contributed by atoms with Crippen molar-refractivity contribution in [2.45, 2.75) is 61.8 Å². The molecule has 2 amide bonds. The van der Waals surface area contributed by atoms with E-state index in [1.165, 1.54) is 43.9 Å². The van der Waals surface area contributed by atoms with Crippen molar-refractivity contribution in [1.29, 1.82) is 0 Å². The lowest BCUT2D eigenvalue weighted by Crippen LogP contribution is -2.55. The highest BCUT2D eigenvalue weighted by atomic mass is 32.2. The Labute approximate surface area is 228 Å². The molecule has 0 unspecified atom stereocenters. The number of benzene rings is 1. The molecular weight excluding hydrogens is 502 g/mol. The topological polar surface area (TPSA) is 93.9 Å². The molecule has 4 aliphatic carbocycles. The highest BCUT2D eigenvalue weighted by molar-refractivity contribution is 7.99. The molecule has 0 radical (unpaired) electrons. The third-order valence-electron chi connectivity index (χ3n) is 8.76. The number of aromatic nitrogens is 1. The number of nitrogens with zero attached hydrogens (tertiary/aromatic N) is 2. The number of carbonyl (C=O) groups is 2. The van der Waals surface area contributed by atoms with Crippen molar-refractivity contribution < 1.29 is 23.6 Å². The number of rotatable bonds is 8. The van der Waals surface area contributed by atoms with Gasteiger partial charge in [-0.25, -0.2) is 0 Å². The minimum Gasteiger partial charge on any atom is -0.474 e. The van der Waals surface area contributed by atoms with E-state index >= 15 is 0 Å². The van der Waals surface area contributed by atoms with E-state index in [1.807, 2.05) is 49.1 Å². The normalized spacial score (nSPS) is 28.4. The molecule has 1 aromatic carbocycles. The van der Waals surface area contributed by atoms with Gasteiger partial charge in [-0.15, -0.1) is 0 Å². The van der Waals surface area contributed by atoms with E-state index in [9.17, 15) is 9.59 Å². The van der Waals surface area contributed by atoms with Crippen LogP contribution in [0.25, 0.3) is 0 Å². The fraction of sp³-hybridized carbons (Fsp3) is 0.621. The molecule has 0 spiro atoms. The number of morpholine rings is 1. The summed E-state index contributed by atoms with van der Waals surface area (Å²) in [5.74, 6) is 3.01. The first-order valence-corrected chi connectivity index (χ1v) is 14.7. The number of nitrogens with one attached hydrogen (secondary N) is 1. The van der Waals surface area contributed by atoms with Crippen LogP contribution in [0.5, 0.6) is 5.88 Å². The summed E-state index contributed by atoms with van der Waals surface area (Å²) in [7, 11) is 0. The standard InChI is InChI=1S/C29H37N3O5S/c1-29(2,28(34)32-8-10-35-11-9-32)17-36-27-25(38-22-6-4-3-5-7-22)24(37-31-27)26(33)30-23-20-13-18-12-19(15-20)16-21(23)14-18/h3-7,18-21,23H,8-17H2,1-2H3,(H,30,33). The fourth-order valence-corrected chi connectivity index (χ4v) is 8.02. The van der Waals surface area contributed by atoms with Gasteiger partial charge < -0.3 is 24.2 Å². The molecule has 1 N–H and O–H groups in total. The largest absolute Gasteiger partial charge is 0.474 e. The molecule has 4 bridgehead atoms. The summed E-state index contributed by atoms with van der Waals surface area (Å²) in [5, 5.41) is 7.51. The second-order valence-corrected chi connectivity index (χ2v) is 13.2. The molecule has 0 atom stereocenters. The van der Waals surface area contributed by atoms with Crippen LogP contribution in [-0.4, -0.2) is 60.8 Å². The molecular formula is C29H37N3O5S. The molecule has 5 fully saturated rings. The highest BCUT2D eigenvalue weighted by Crippen LogP contribution is 2.53. The van der Waals surface area contributed by atoms with E-state index in [0.717, 1.165) is 16.7 Å². The summed E-state index contributed by atoms with van der Waals surface area (Å²) >= 11 is 1.40. The van der Waals surface area contributed by atoms with Crippen LogP contribution in [0.3, 0.4) is 0 Å². The third-order valence-corrected chi connectivity index (χ3v) is 9.83. The lowest BCUT2D eigenvalue weighted by molar-refractivity contribution is -0.146. The Morgan fingerprint density at radius 1 is 1.05 bits per heavy atom. The van der Waals surface area contributed by atoms with E-state index < -0.39 is 5.41 Å². The van der Waals surface area contributed by atoms with Crippen LogP contribution in [-0.2, 0) is 9.53 Å². The first-order chi connectivity index (χ1) is 18.4. The van der Waals surface area contributed by atoms with Crippen LogP contribution in [0.15, 0.2) is 44.6 Å². The van der Waals surface area contributed by atoms with Crippen LogP contribution in [0.4, 0.5) is 0 Å². The van der Waals surface area contributed by atoms with E-state index in [1.54, 1.807) is 0 Å². The number of carbonyl (C=O) groups excluding carboxylic acids is 2. The molecule has 8 nitrogen and oxygen atoms in total. The van der Waals surface area contributed by atoms with Crippen molar-refractivity contribution in [3.05, 3.63) is 36.1 Å². The summed E-state index contributed by atoms with van der Waals surface area (Å²) < 4.78 is 17.1. The lowest BCUT2D eigenvalue weighted by Gasteiger charge is -2.54. The summed E-state index contributed by atoms with van der Waals surface area (Å²) in [5.41, 5.74) is -0.770. The molecule has 2 heterocycles. The second kappa shape index (κ2) is 10.6. The Hall–Kier alpha value is -2.52. The van der Waals surface area contributed by atoms with Gasteiger partial charge in [-0.2, -0.15) is 0 Å². The van der Waals surface area contributed by atoms with Gasteiger partial charge in [0, 0.05) is 24.0 Å². The SMILES string of the molecule is CC(C)(COc1noc(C(=O)NC2C3CC4CC(C3)CC2C4)c1Sc1ccccc1)C(=O)N1CCOCC1. The van der Waals surface area contributed by atoms with Gasteiger partial charge in [0.1, 0.15) is 11.5 Å². The van der Waals surface area contributed by atoms with Crippen LogP contribution < -0.4 is 10.1 Å². The van der Waals surface area contributed by atoms with Gasteiger partial charge in [-0.3, -0.25) is 9.59 Å². The summed E-state index contributed by atoms with van der Waals surface area (Å²) in [6, 6.07) is 10.0. The number of amides is 2. The Balaban J connectivity index is 1.19. The fourth-order valence-electron chi connectivity index (χ4n) is 7.08. The van der Waals surface area contributed by atoms with Crippen molar-refractivity contribution in [2.75, 3.05) is 32.9 Å². The first kappa shape index (κ1) is 25.7. The molecule has 2 aromatic rings. The van der Waals surface area contributed by atoms with Crippen molar-refractivity contribution in [3.63, 3.8) is 0 Å². The molecule has 4 saturated carbocycles. The minimum atomic E-state index is -0.770. The second-order valence-electron chi connectivity index (χ2n) is 12.1. The Bertz CT molecular complexity index is 1130. The maximum atomic E-state index is 13.6. The van der Waals surface area contributed by atoms with Gasteiger partial charge in [0.2, 0.25) is 11.7 Å². The van der Waals surface area contributed by atoms with E-state index in [4.69, 9.17) is 14.0 Å². The maximum absolute atomic E-state index is 13.6. The zero-order valence-corrected chi connectivity index (χ0v) is 23.0. The van der Waals surface area contributed by atoms with Crippen molar-refractivity contribution >= 4 is 23.6 Å². The van der Waals surface area contributed by atoms with Crippen LogP contribution in [0.2, 0.25) is 0 Å². The van der Waals surface area contributed by atoms with Gasteiger partial charge in [-0.1, -0.05) is 30.0 Å². The number of ether oxygens (including phenoxy) is 2. The monoisotopic (exact) mass is 539 g/mol. The molecule has 204 valence electrons. The van der Waals surface area contributed by atoms with Crippen molar-refractivity contribution in [1.82, 2.24) is 15.4 Å². The smallest absolute Gasteiger partial charge is 0.291 e. The first-order valence-electron chi connectivity index (χ1n) is 13.9. The molecule has 5 aliphatic rings. The number of hydrogen-bond acceptors (Lipinski definition) is 7. The third kappa shape index (κ3) is 5.19.